The molecular formula is C12H12ClN. The molecule has 0 saturated heterocycles. The summed E-state index contributed by atoms with van der Waals surface area (Å²) in [6, 6.07) is 8.06. The summed E-state index contributed by atoms with van der Waals surface area (Å²) in [6.07, 6.45) is 1.87. The summed E-state index contributed by atoms with van der Waals surface area (Å²) in [5.74, 6) is 0. The van der Waals surface area contributed by atoms with Crippen molar-refractivity contribution in [1.82, 2.24) is 4.57 Å². The third-order valence-electron chi connectivity index (χ3n) is 2.42. The Kier molecular flexibility index (Phi) is 2.34. The largest absolute Gasteiger partial charge is 0.341 e. The molecule has 0 saturated carbocycles. The number of aromatic nitrogens is 1. The zero-order valence-corrected chi connectivity index (χ0v) is 8.88. The molecule has 0 spiro atoms. The molecule has 2 heteroatoms. The number of hydrogen-bond acceptors (Lipinski definition) is 0. The molecule has 2 rings (SSSR count). The fourth-order valence-corrected chi connectivity index (χ4v) is 1.97. The fourth-order valence-electron chi connectivity index (χ4n) is 1.79. The van der Waals surface area contributed by atoms with Gasteiger partial charge in [-0.2, -0.15) is 0 Å². The van der Waals surface area contributed by atoms with Gasteiger partial charge >= 0.3 is 0 Å². The highest BCUT2D eigenvalue weighted by Crippen LogP contribution is 2.23. The second-order valence-corrected chi connectivity index (χ2v) is 3.66. The van der Waals surface area contributed by atoms with Crippen molar-refractivity contribution in [2.45, 2.75) is 13.5 Å². The van der Waals surface area contributed by atoms with Crippen LogP contribution in [0.1, 0.15) is 12.6 Å². The van der Waals surface area contributed by atoms with Crippen LogP contribution >= 0.6 is 11.6 Å². The van der Waals surface area contributed by atoms with Crippen LogP contribution in [-0.2, 0) is 6.54 Å². The highest BCUT2D eigenvalue weighted by molar-refractivity contribution is 6.31. The van der Waals surface area contributed by atoms with Gasteiger partial charge in [0, 0.05) is 28.2 Å². The van der Waals surface area contributed by atoms with Gasteiger partial charge in [-0.05, 0) is 37.3 Å². The fraction of sp³-hybridized carbons (Fsp3) is 0.167. The molecule has 0 N–H and O–H groups in total. The highest BCUT2D eigenvalue weighted by Gasteiger charge is 2.04. The smallest absolute Gasteiger partial charge is 0.0486 e. The van der Waals surface area contributed by atoms with Crippen molar-refractivity contribution in [2.24, 2.45) is 0 Å². The molecule has 2 aromatic rings. The van der Waals surface area contributed by atoms with Gasteiger partial charge in [-0.15, -0.1) is 0 Å². The number of rotatable bonds is 2. The van der Waals surface area contributed by atoms with Gasteiger partial charge in [-0.25, -0.2) is 0 Å². The van der Waals surface area contributed by atoms with E-state index in [0.717, 1.165) is 17.3 Å². The predicted octanol–water partition coefficient (Wildman–Crippen LogP) is 3.96. The van der Waals surface area contributed by atoms with Crippen LogP contribution in [0.4, 0.5) is 0 Å². The van der Waals surface area contributed by atoms with Gasteiger partial charge in [0.1, 0.15) is 0 Å². The minimum Gasteiger partial charge on any atom is -0.341 e. The van der Waals surface area contributed by atoms with E-state index >= 15 is 0 Å². The van der Waals surface area contributed by atoms with Crippen molar-refractivity contribution in [3.63, 3.8) is 0 Å². The molecule has 1 heterocycles. The van der Waals surface area contributed by atoms with E-state index in [1.807, 2.05) is 24.3 Å². The summed E-state index contributed by atoms with van der Waals surface area (Å²) in [6.45, 7) is 6.88. The predicted molar refractivity (Wildman–Crippen MR) is 62.7 cm³/mol. The Labute approximate surface area is 88.6 Å². The lowest BCUT2D eigenvalue weighted by atomic mass is 10.2. The van der Waals surface area contributed by atoms with Gasteiger partial charge in [0.15, 0.2) is 0 Å². The quantitative estimate of drug-likeness (QED) is 0.700. The normalized spacial score (nSPS) is 10.7. The molecule has 0 atom stereocenters. The van der Waals surface area contributed by atoms with Crippen LogP contribution in [0.3, 0.4) is 0 Å². The second kappa shape index (κ2) is 3.50. The third kappa shape index (κ3) is 1.34. The Hall–Kier alpha value is -1.21. The standard InChI is InChI=1S/C12H12ClN/c1-3-11-8-9-7-10(13)5-6-12(9)14(11)4-2/h3,5-8H,1,4H2,2H3. The molecule has 72 valence electrons. The minimum atomic E-state index is 0.779. The average molecular weight is 206 g/mol. The molecule has 0 aliphatic heterocycles. The maximum absolute atomic E-state index is 5.93. The lowest BCUT2D eigenvalue weighted by Gasteiger charge is -2.03. The first-order valence-corrected chi connectivity index (χ1v) is 5.05. The van der Waals surface area contributed by atoms with E-state index in [0.29, 0.717) is 0 Å². The summed E-state index contributed by atoms with van der Waals surface area (Å²) in [4.78, 5) is 0. The highest BCUT2D eigenvalue weighted by atomic mass is 35.5. The maximum Gasteiger partial charge on any atom is 0.0486 e. The molecule has 0 aliphatic rings. The van der Waals surface area contributed by atoms with Crippen molar-refractivity contribution < 1.29 is 0 Å². The van der Waals surface area contributed by atoms with Crippen molar-refractivity contribution in [3.05, 3.63) is 41.6 Å². The van der Waals surface area contributed by atoms with Crippen LogP contribution < -0.4 is 0 Å². The lowest BCUT2D eigenvalue weighted by molar-refractivity contribution is 0.790. The van der Waals surface area contributed by atoms with Gasteiger partial charge in [0.05, 0.1) is 0 Å². The molecule has 0 amide bonds. The van der Waals surface area contributed by atoms with E-state index in [2.05, 4.69) is 24.1 Å². The molecule has 1 aromatic carbocycles. The number of benzene rings is 1. The molecule has 0 unspecified atom stereocenters. The van der Waals surface area contributed by atoms with Gasteiger partial charge < -0.3 is 4.57 Å². The Morgan fingerprint density at radius 2 is 2.21 bits per heavy atom. The van der Waals surface area contributed by atoms with Crippen molar-refractivity contribution >= 4 is 28.6 Å². The SMILES string of the molecule is C=Cc1cc2cc(Cl)ccc2n1CC. The first-order chi connectivity index (χ1) is 6.76. The summed E-state index contributed by atoms with van der Waals surface area (Å²) in [5.41, 5.74) is 2.36. The maximum atomic E-state index is 5.93. The summed E-state index contributed by atoms with van der Waals surface area (Å²) in [7, 11) is 0. The molecule has 0 fully saturated rings. The van der Waals surface area contributed by atoms with Gasteiger partial charge in [0.25, 0.3) is 0 Å². The Bertz CT molecular complexity index is 482. The van der Waals surface area contributed by atoms with Gasteiger partial charge in [-0.1, -0.05) is 18.2 Å². The summed E-state index contributed by atoms with van der Waals surface area (Å²) < 4.78 is 2.22. The van der Waals surface area contributed by atoms with E-state index in [1.165, 1.54) is 10.9 Å². The Morgan fingerprint density at radius 1 is 1.43 bits per heavy atom. The van der Waals surface area contributed by atoms with E-state index in [4.69, 9.17) is 11.6 Å². The number of nitrogens with zero attached hydrogens (tertiary/aromatic N) is 1. The molecule has 0 bridgehead atoms. The topological polar surface area (TPSA) is 4.93 Å². The minimum absolute atomic E-state index is 0.779. The molecular weight excluding hydrogens is 194 g/mol. The molecule has 14 heavy (non-hydrogen) atoms. The Morgan fingerprint density at radius 3 is 2.86 bits per heavy atom. The van der Waals surface area contributed by atoms with Crippen molar-refractivity contribution in [3.8, 4) is 0 Å². The molecule has 0 aliphatic carbocycles. The number of fused-ring (bicyclic) bond motifs is 1. The van der Waals surface area contributed by atoms with Crippen LogP contribution in [0, 0.1) is 0 Å². The lowest BCUT2D eigenvalue weighted by Crippen LogP contribution is -1.95. The van der Waals surface area contributed by atoms with Crippen molar-refractivity contribution in [2.75, 3.05) is 0 Å². The van der Waals surface area contributed by atoms with E-state index < -0.39 is 0 Å². The first-order valence-electron chi connectivity index (χ1n) is 4.67. The van der Waals surface area contributed by atoms with Crippen LogP contribution in [-0.4, -0.2) is 4.57 Å². The van der Waals surface area contributed by atoms with Crippen LogP contribution in [0.2, 0.25) is 5.02 Å². The number of hydrogen-bond donors (Lipinski definition) is 0. The van der Waals surface area contributed by atoms with E-state index in [-0.39, 0.29) is 0 Å². The summed E-state index contributed by atoms with van der Waals surface area (Å²) >= 11 is 5.93. The Balaban J connectivity index is 2.79. The molecule has 1 aromatic heterocycles. The van der Waals surface area contributed by atoms with Crippen LogP contribution in [0.15, 0.2) is 30.8 Å². The molecule has 1 nitrogen and oxygen atoms in total. The van der Waals surface area contributed by atoms with Gasteiger partial charge in [0.2, 0.25) is 0 Å². The third-order valence-corrected chi connectivity index (χ3v) is 2.66. The number of aryl methyl sites for hydroxylation is 1. The number of halogens is 1. The van der Waals surface area contributed by atoms with E-state index in [1.54, 1.807) is 0 Å². The summed E-state index contributed by atoms with van der Waals surface area (Å²) in [5, 5.41) is 1.95. The second-order valence-electron chi connectivity index (χ2n) is 3.22. The first kappa shape index (κ1) is 9.35. The average Bonchev–Trinajstić information content (AvgIpc) is 2.54. The van der Waals surface area contributed by atoms with Gasteiger partial charge in [-0.3, -0.25) is 0 Å². The van der Waals surface area contributed by atoms with Crippen LogP contribution in [0.25, 0.3) is 17.0 Å². The van der Waals surface area contributed by atoms with Crippen molar-refractivity contribution in [1.29, 1.82) is 0 Å². The van der Waals surface area contributed by atoms with Crippen LogP contribution in [0.5, 0.6) is 0 Å². The zero-order valence-electron chi connectivity index (χ0n) is 8.13. The van der Waals surface area contributed by atoms with E-state index in [9.17, 15) is 0 Å². The monoisotopic (exact) mass is 205 g/mol. The zero-order chi connectivity index (χ0) is 10.1. The molecule has 0 radical (unpaired) electrons.